The van der Waals surface area contributed by atoms with Gasteiger partial charge in [-0.15, -0.1) is 0 Å². The number of rotatable bonds is 4. The van der Waals surface area contributed by atoms with E-state index in [4.69, 9.17) is 4.42 Å². The summed E-state index contributed by atoms with van der Waals surface area (Å²) >= 11 is 5.10. The van der Waals surface area contributed by atoms with Gasteiger partial charge in [0.2, 0.25) is 0 Å². The lowest BCUT2D eigenvalue weighted by molar-refractivity contribution is 0.454. The molecule has 0 fully saturated rings. The quantitative estimate of drug-likeness (QED) is 0.930. The molecular formula is C12H13BrN2OS. The van der Waals surface area contributed by atoms with Gasteiger partial charge in [-0.25, -0.2) is 4.98 Å². The van der Waals surface area contributed by atoms with Crippen LogP contribution < -0.4 is 5.32 Å². The lowest BCUT2D eigenvalue weighted by atomic mass is 10.1. The van der Waals surface area contributed by atoms with E-state index < -0.39 is 0 Å². The van der Waals surface area contributed by atoms with Crippen molar-refractivity contribution in [2.75, 3.05) is 7.05 Å². The number of benzene rings is 1. The lowest BCUT2D eigenvalue weighted by Crippen LogP contribution is -2.12. The van der Waals surface area contributed by atoms with E-state index in [-0.39, 0.29) is 0 Å². The molecule has 0 amide bonds. The van der Waals surface area contributed by atoms with Crippen LogP contribution in [0.25, 0.3) is 0 Å². The van der Waals surface area contributed by atoms with Gasteiger partial charge < -0.3 is 9.73 Å². The van der Waals surface area contributed by atoms with E-state index in [1.807, 2.05) is 7.05 Å². The summed E-state index contributed by atoms with van der Waals surface area (Å²) in [7, 11) is 1.95. The molecule has 0 aliphatic rings. The third-order valence-electron chi connectivity index (χ3n) is 2.49. The van der Waals surface area contributed by atoms with Gasteiger partial charge in [-0.3, -0.25) is 0 Å². The van der Waals surface area contributed by atoms with Crippen molar-refractivity contribution in [1.29, 1.82) is 0 Å². The van der Waals surface area contributed by atoms with Crippen LogP contribution in [0.1, 0.15) is 18.5 Å². The van der Waals surface area contributed by atoms with Gasteiger partial charge in [-0.1, -0.05) is 22.0 Å². The van der Waals surface area contributed by atoms with Crippen LogP contribution in [-0.2, 0) is 0 Å². The summed E-state index contributed by atoms with van der Waals surface area (Å²) in [5, 5.41) is 3.88. The van der Waals surface area contributed by atoms with E-state index in [9.17, 15) is 0 Å². The zero-order chi connectivity index (χ0) is 12.3. The zero-order valence-corrected chi connectivity index (χ0v) is 12.0. The maximum atomic E-state index is 5.20. The van der Waals surface area contributed by atoms with Crippen molar-refractivity contribution in [1.82, 2.24) is 10.3 Å². The normalized spacial score (nSPS) is 12.6. The SMILES string of the molecule is CNC(C)c1ccc(Sc2ncco2)cc1Br. The van der Waals surface area contributed by atoms with Crippen molar-refractivity contribution in [2.45, 2.75) is 23.1 Å². The van der Waals surface area contributed by atoms with Crippen LogP contribution in [0.2, 0.25) is 0 Å². The molecule has 17 heavy (non-hydrogen) atoms. The van der Waals surface area contributed by atoms with Crippen molar-refractivity contribution in [2.24, 2.45) is 0 Å². The molecule has 2 rings (SSSR count). The molecule has 1 unspecified atom stereocenters. The average molecular weight is 313 g/mol. The first kappa shape index (κ1) is 12.7. The first-order valence-electron chi connectivity index (χ1n) is 5.24. The van der Waals surface area contributed by atoms with E-state index in [1.165, 1.54) is 17.3 Å². The summed E-state index contributed by atoms with van der Waals surface area (Å²) in [5.41, 5.74) is 1.24. The molecule has 1 N–H and O–H groups in total. The number of nitrogens with one attached hydrogen (secondary N) is 1. The maximum absolute atomic E-state index is 5.20. The molecule has 1 heterocycles. The van der Waals surface area contributed by atoms with E-state index in [0.29, 0.717) is 11.3 Å². The number of hydrogen-bond acceptors (Lipinski definition) is 4. The van der Waals surface area contributed by atoms with Gasteiger partial charge in [0.05, 0.1) is 6.20 Å². The molecule has 90 valence electrons. The zero-order valence-electron chi connectivity index (χ0n) is 9.61. The monoisotopic (exact) mass is 312 g/mol. The van der Waals surface area contributed by atoms with Crippen molar-refractivity contribution in [3.63, 3.8) is 0 Å². The Morgan fingerprint density at radius 1 is 1.47 bits per heavy atom. The fourth-order valence-electron chi connectivity index (χ4n) is 1.44. The number of nitrogens with zero attached hydrogens (tertiary/aromatic N) is 1. The molecular weight excluding hydrogens is 300 g/mol. The number of oxazole rings is 1. The van der Waals surface area contributed by atoms with Crippen molar-refractivity contribution >= 4 is 27.7 Å². The minimum absolute atomic E-state index is 0.324. The minimum Gasteiger partial charge on any atom is -0.440 e. The molecule has 0 saturated carbocycles. The third-order valence-corrected chi connectivity index (χ3v) is 4.04. The molecule has 5 heteroatoms. The second kappa shape index (κ2) is 5.71. The van der Waals surface area contributed by atoms with Gasteiger partial charge in [-0.05, 0) is 43.4 Å². The Bertz CT molecular complexity index is 487. The summed E-state index contributed by atoms with van der Waals surface area (Å²) in [5.74, 6) is 0. The Hall–Kier alpha value is -0.780. The minimum atomic E-state index is 0.324. The second-order valence-corrected chi connectivity index (χ2v) is 5.47. The first-order valence-corrected chi connectivity index (χ1v) is 6.85. The topological polar surface area (TPSA) is 38.1 Å². The van der Waals surface area contributed by atoms with Crippen LogP contribution in [0.3, 0.4) is 0 Å². The van der Waals surface area contributed by atoms with Crippen LogP contribution in [0.15, 0.2) is 49.7 Å². The van der Waals surface area contributed by atoms with Crippen molar-refractivity contribution in [3.8, 4) is 0 Å². The molecule has 0 radical (unpaired) electrons. The molecule has 3 nitrogen and oxygen atoms in total. The highest BCUT2D eigenvalue weighted by Crippen LogP contribution is 2.31. The Balaban J connectivity index is 2.19. The van der Waals surface area contributed by atoms with Crippen molar-refractivity contribution < 1.29 is 4.42 Å². The molecule has 1 aromatic carbocycles. The molecule has 2 aromatic rings. The molecule has 0 aliphatic carbocycles. The maximum Gasteiger partial charge on any atom is 0.260 e. The molecule has 1 atom stereocenters. The van der Waals surface area contributed by atoms with Crippen LogP contribution in [0, 0.1) is 0 Å². The number of halogens is 1. The predicted molar refractivity (Wildman–Crippen MR) is 72.2 cm³/mol. The second-order valence-electron chi connectivity index (χ2n) is 3.59. The standard InChI is InChI=1S/C12H13BrN2OS/c1-8(14-2)10-4-3-9(7-11(10)13)17-12-15-5-6-16-12/h3-8,14H,1-2H3. The van der Waals surface area contributed by atoms with E-state index in [0.717, 1.165) is 9.37 Å². The fourth-order valence-corrected chi connectivity index (χ4v) is 3.05. The van der Waals surface area contributed by atoms with E-state index >= 15 is 0 Å². The Morgan fingerprint density at radius 2 is 2.29 bits per heavy atom. The smallest absolute Gasteiger partial charge is 0.260 e. The average Bonchev–Trinajstić information content (AvgIpc) is 2.81. The van der Waals surface area contributed by atoms with Crippen molar-refractivity contribution in [3.05, 3.63) is 40.7 Å². The fraction of sp³-hybridized carbons (Fsp3) is 0.250. The largest absolute Gasteiger partial charge is 0.440 e. The lowest BCUT2D eigenvalue weighted by Gasteiger charge is -2.13. The Kier molecular flexibility index (Phi) is 4.25. The summed E-state index contributed by atoms with van der Waals surface area (Å²) in [4.78, 5) is 5.19. The highest BCUT2D eigenvalue weighted by Gasteiger charge is 2.09. The van der Waals surface area contributed by atoms with Gasteiger partial charge in [0.1, 0.15) is 6.26 Å². The predicted octanol–water partition coefficient (Wildman–Crippen LogP) is 3.87. The number of aromatic nitrogens is 1. The molecule has 1 aromatic heterocycles. The summed E-state index contributed by atoms with van der Waals surface area (Å²) in [6, 6.07) is 6.59. The highest BCUT2D eigenvalue weighted by atomic mass is 79.9. The van der Waals surface area contributed by atoms with Gasteiger partial charge in [0.25, 0.3) is 5.22 Å². The molecule has 0 aliphatic heterocycles. The van der Waals surface area contributed by atoms with Gasteiger partial charge in [-0.2, -0.15) is 0 Å². The summed E-state index contributed by atoms with van der Waals surface area (Å²) < 4.78 is 6.29. The Labute approximate surface area is 113 Å². The van der Waals surface area contributed by atoms with Crippen LogP contribution in [0.5, 0.6) is 0 Å². The summed E-state index contributed by atoms with van der Waals surface area (Å²) in [6.45, 7) is 2.13. The summed E-state index contributed by atoms with van der Waals surface area (Å²) in [6.07, 6.45) is 3.23. The molecule has 0 bridgehead atoms. The Morgan fingerprint density at radius 3 is 2.88 bits per heavy atom. The van der Waals surface area contributed by atoms with Crippen LogP contribution in [-0.4, -0.2) is 12.0 Å². The van der Waals surface area contributed by atoms with Crippen LogP contribution >= 0.6 is 27.7 Å². The van der Waals surface area contributed by atoms with Crippen LogP contribution in [0.4, 0.5) is 0 Å². The first-order chi connectivity index (χ1) is 8.20. The van der Waals surface area contributed by atoms with Gasteiger partial charge in [0.15, 0.2) is 0 Å². The third kappa shape index (κ3) is 3.12. The van der Waals surface area contributed by atoms with E-state index in [2.05, 4.69) is 51.4 Å². The highest BCUT2D eigenvalue weighted by molar-refractivity contribution is 9.10. The molecule has 0 saturated heterocycles. The van der Waals surface area contributed by atoms with Gasteiger partial charge in [0, 0.05) is 15.4 Å². The molecule has 0 spiro atoms. The number of hydrogen-bond donors (Lipinski definition) is 1. The van der Waals surface area contributed by atoms with Gasteiger partial charge >= 0.3 is 0 Å². The van der Waals surface area contributed by atoms with E-state index in [1.54, 1.807) is 12.5 Å².